The molecule has 3 rings (SSSR count). The van der Waals surface area contributed by atoms with Gasteiger partial charge in [0.05, 0.1) is 12.2 Å². The van der Waals surface area contributed by atoms with E-state index in [-0.39, 0.29) is 24.7 Å². The number of benzene rings is 1. The Morgan fingerprint density at radius 1 is 1.21 bits per heavy atom. The van der Waals surface area contributed by atoms with Gasteiger partial charge in [0, 0.05) is 4.88 Å². The minimum absolute atomic E-state index is 0.108. The molecule has 150 valence electrons. The Morgan fingerprint density at radius 3 is 2.54 bits per heavy atom. The van der Waals surface area contributed by atoms with Gasteiger partial charge in [-0.05, 0) is 32.4 Å². The maximum Gasteiger partial charge on any atom is 0.341 e. The number of hydrogen-bond donors (Lipinski definition) is 2. The Bertz CT molecular complexity index is 811. The lowest BCUT2D eigenvalue weighted by atomic mass is 10.1. The van der Waals surface area contributed by atoms with Gasteiger partial charge in [0.1, 0.15) is 30.3 Å². The second-order valence-electron chi connectivity index (χ2n) is 7.08. The van der Waals surface area contributed by atoms with Crippen LogP contribution in [0.2, 0.25) is 0 Å². The van der Waals surface area contributed by atoms with Crippen molar-refractivity contribution in [1.82, 2.24) is 0 Å². The first-order valence-corrected chi connectivity index (χ1v) is 10.4. The van der Waals surface area contributed by atoms with E-state index in [0.717, 1.165) is 23.5 Å². The fourth-order valence-electron chi connectivity index (χ4n) is 3.52. The van der Waals surface area contributed by atoms with Gasteiger partial charge in [0.15, 0.2) is 6.54 Å². The predicted octanol–water partition coefficient (Wildman–Crippen LogP) is 2.22. The van der Waals surface area contributed by atoms with Crippen LogP contribution in [0.1, 0.15) is 31.1 Å². The molecule has 6 nitrogen and oxygen atoms in total. The van der Waals surface area contributed by atoms with Gasteiger partial charge >= 0.3 is 5.97 Å². The zero-order valence-corrected chi connectivity index (χ0v) is 17.3. The summed E-state index contributed by atoms with van der Waals surface area (Å²) in [6.07, 6.45) is 0.265. The Balaban J connectivity index is 1.76. The number of carbonyl (C=O) groups is 2. The van der Waals surface area contributed by atoms with Gasteiger partial charge in [-0.3, -0.25) is 4.79 Å². The van der Waals surface area contributed by atoms with E-state index in [1.165, 1.54) is 16.2 Å². The lowest BCUT2D eigenvalue weighted by Gasteiger charge is -2.31. The number of anilines is 1. The third-order valence-corrected chi connectivity index (χ3v) is 5.67. The molecule has 1 aromatic carbocycles. The minimum atomic E-state index is -0.419. The van der Waals surface area contributed by atoms with Crippen LogP contribution in [0.25, 0.3) is 10.4 Å². The molecule has 0 bridgehead atoms. The molecule has 28 heavy (non-hydrogen) atoms. The fourth-order valence-corrected chi connectivity index (χ4v) is 4.59. The molecule has 0 radical (unpaired) electrons. The number of amides is 1. The van der Waals surface area contributed by atoms with Gasteiger partial charge in [0.2, 0.25) is 0 Å². The molecule has 2 aromatic rings. The maximum atomic E-state index is 12.7. The van der Waals surface area contributed by atoms with Crippen LogP contribution in [0.4, 0.5) is 5.00 Å². The van der Waals surface area contributed by atoms with Crippen LogP contribution in [-0.2, 0) is 14.3 Å². The molecule has 1 saturated heterocycles. The lowest BCUT2D eigenvalue weighted by molar-refractivity contribution is -0.907. The van der Waals surface area contributed by atoms with Gasteiger partial charge in [-0.15, -0.1) is 11.3 Å². The Morgan fingerprint density at radius 2 is 1.89 bits per heavy atom. The summed E-state index contributed by atoms with van der Waals surface area (Å²) < 4.78 is 10.9. The molecule has 1 aliphatic rings. The van der Waals surface area contributed by atoms with Crippen molar-refractivity contribution in [3.63, 3.8) is 0 Å². The highest BCUT2D eigenvalue weighted by Crippen LogP contribution is 2.35. The summed E-state index contributed by atoms with van der Waals surface area (Å²) in [5, 5.41) is 3.47. The van der Waals surface area contributed by atoms with Crippen molar-refractivity contribution in [2.45, 2.75) is 33.0 Å². The zero-order valence-electron chi connectivity index (χ0n) is 16.5. The molecule has 0 saturated carbocycles. The molecule has 7 heteroatoms. The smallest absolute Gasteiger partial charge is 0.341 e. The van der Waals surface area contributed by atoms with Crippen LogP contribution in [0.15, 0.2) is 36.4 Å². The van der Waals surface area contributed by atoms with E-state index < -0.39 is 5.97 Å². The maximum absolute atomic E-state index is 12.7. The standard InChI is InChI=1S/C21H26N2O4S/c1-4-26-21(25)17-10-18(16-8-6-5-7-9-16)28-20(17)22-19(24)13-23-11-14(2)27-15(3)12-23/h5-10,14-15H,4,11-13H2,1-3H3,(H,22,24)/p+1/t14-,15-/m1/s1. The SMILES string of the molecule is CCOC(=O)c1cc(-c2ccccc2)sc1NC(=O)C[NH+]1C[C@@H](C)O[C@H](C)C1. The summed E-state index contributed by atoms with van der Waals surface area (Å²) in [6, 6.07) is 11.6. The largest absolute Gasteiger partial charge is 0.462 e. The van der Waals surface area contributed by atoms with Crippen LogP contribution in [-0.4, -0.2) is 50.3 Å². The number of esters is 1. The Labute approximate surface area is 169 Å². The number of thiophene rings is 1. The van der Waals surface area contributed by atoms with E-state index >= 15 is 0 Å². The topological polar surface area (TPSA) is 69.1 Å². The minimum Gasteiger partial charge on any atom is -0.462 e. The van der Waals surface area contributed by atoms with Crippen molar-refractivity contribution in [3.8, 4) is 10.4 Å². The number of morpholine rings is 1. The Hall–Kier alpha value is -2.22. The molecule has 1 aliphatic heterocycles. The molecule has 1 aromatic heterocycles. The zero-order chi connectivity index (χ0) is 20.1. The van der Waals surface area contributed by atoms with E-state index in [4.69, 9.17) is 9.47 Å². The summed E-state index contributed by atoms with van der Waals surface area (Å²) in [4.78, 5) is 27.1. The second kappa shape index (κ2) is 9.32. The number of hydrogen-bond acceptors (Lipinski definition) is 5. The monoisotopic (exact) mass is 403 g/mol. The summed E-state index contributed by atoms with van der Waals surface area (Å²) in [5.74, 6) is -0.527. The van der Waals surface area contributed by atoms with Gasteiger partial charge < -0.3 is 19.7 Å². The first-order chi connectivity index (χ1) is 13.5. The van der Waals surface area contributed by atoms with Crippen LogP contribution < -0.4 is 10.2 Å². The van der Waals surface area contributed by atoms with Gasteiger partial charge in [0.25, 0.3) is 5.91 Å². The molecule has 2 atom stereocenters. The fraction of sp³-hybridized carbons (Fsp3) is 0.429. The number of rotatable bonds is 6. The molecule has 1 amide bonds. The van der Waals surface area contributed by atoms with Crippen LogP contribution in [0.5, 0.6) is 0 Å². The van der Waals surface area contributed by atoms with Crippen LogP contribution in [0, 0.1) is 0 Å². The van der Waals surface area contributed by atoms with Crippen molar-refractivity contribution in [2.24, 2.45) is 0 Å². The van der Waals surface area contributed by atoms with E-state index in [2.05, 4.69) is 5.32 Å². The normalized spacial score (nSPS) is 21.9. The van der Waals surface area contributed by atoms with E-state index in [1.807, 2.05) is 44.2 Å². The number of nitrogens with one attached hydrogen (secondary N) is 2. The summed E-state index contributed by atoms with van der Waals surface area (Å²) in [5.41, 5.74) is 1.40. The van der Waals surface area contributed by atoms with E-state index in [1.54, 1.807) is 13.0 Å². The van der Waals surface area contributed by atoms with Gasteiger partial charge in [-0.2, -0.15) is 0 Å². The van der Waals surface area contributed by atoms with Crippen LogP contribution in [0.3, 0.4) is 0 Å². The number of ether oxygens (including phenoxy) is 2. The highest BCUT2D eigenvalue weighted by Gasteiger charge is 2.28. The molecular weight excluding hydrogens is 376 g/mol. The van der Waals surface area contributed by atoms with Crippen molar-refractivity contribution in [3.05, 3.63) is 42.0 Å². The average molecular weight is 404 g/mol. The molecule has 1 fully saturated rings. The summed E-state index contributed by atoms with van der Waals surface area (Å²) in [6.45, 7) is 8.04. The van der Waals surface area contributed by atoms with Crippen molar-refractivity contribution >= 4 is 28.2 Å². The average Bonchev–Trinajstić information content (AvgIpc) is 3.05. The number of quaternary nitrogens is 1. The van der Waals surface area contributed by atoms with Gasteiger partial charge in [-0.1, -0.05) is 30.3 Å². The van der Waals surface area contributed by atoms with E-state index in [0.29, 0.717) is 17.1 Å². The van der Waals surface area contributed by atoms with Crippen molar-refractivity contribution in [2.75, 3.05) is 31.6 Å². The van der Waals surface area contributed by atoms with Crippen molar-refractivity contribution < 1.29 is 24.0 Å². The van der Waals surface area contributed by atoms with Crippen LogP contribution >= 0.6 is 11.3 Å². The molecule has 0 aliphatic carbocycles. The third-order valence-electron chi connectivity index (χ3n) is 4.57. The highest BCUT2D eigenvalue weighted by atomic mass is 32.1. The first kappa shape index (κ1) is 20.5. The first-order valence-electron chi connectivity index (χ1n) is 9.61. The molecule has 2 heterocycles. The molecular formula is C21H27N2O4S+. The molecule has 0 spiro atoms. The van der Waals surface area contributed by atoms with Gasteiger partial charge in [-0.25, -0.2) is 4.79 Å². The highest BCUT2D eigenvalue weighted by molar-refractivity contribution is 7.20. The molecule has 0 unspecified atom stereocenters. The third kappa shape index (κ3) is 5.19. The summed E-state index contributed by atoms with van der Waals surface area (Å²) >= 11 is 1.39. The Kier molecular flexibility index (Phi) is 6.83. The van der Waals surface area contributed by atoms with E-state index in [9.17, 15) is 9.59 Å². The second-order valence-corrected chi connectivity index (χ2v) is 8.13. The van der Waals surface area contributed by atoms with Crippen molar-refractivity contribution in [1.29, 1.82) is 0 Å². The summed E-state index contributed by atoms with van der Waals surface area (Å²) in [7, 11) is 0. The quantitative estimate of drug-likeness (QED) is 0.726. The predicted molar refractivity (Wildman–Crippen MR) is 110 cm³/mol. The lowest BCUT2D eigenvalue weighted by Crippen LogP contribution is -3.16. The molecule has 2 N–H and O–H groups in total. The number of carbonyl (C=O) groups excluding carboxylic acids is 2.